The standard InChI is InChI=1S/C12H20N2O5/c1-8-5-14(11(18)19-12(2,3)4)9(7-15)6-13(8)10(16)17/h7-9H,5-6H2,1-4H3,(H,16,17)/t8-,9-/m1/s1. The highest BCUT2D eigenvalue weighted by molar-refractivity contribution is 5.76. The molecule has 0 spiro atoms. The molecule has 0 aliphatic carbocycles. The van der Waals surface area contributed by atoms with Crippen LogP contribution in [0.2, 0.25) is 0 Å². The van der Waals surface area contributed by atoms with Crippen molar-refractivity contribution in [1.82, 2.24) is 9.80 Å². The van der Waals surface area contributed by atoms with E-state index in [0.717, 1.165) is 4.90 Å². The van der Waals surface area contributed by atoms with Gasteiger partial charge in [-0.15, -0.1) is 0 Å². The number of carboxylic acid groups (broad SMARTS) is 1. The van der Waals surface area contributed by atoms with E-state index in [1.54, 1.807) is 27.7 Å². The van der Waals surface area contributed by atoms with E-state index in [2.05, 4.69) is 0 Å². The van der Waals surface area contributed by atoms with Gasteiger partial charge in [-0.2, -0.15) is 0 Å². The van der Waals surface area contributed by atoms with Gasteiger partial charge in [0.25, 0.3) is 0 Å². The van der Waals surface area contributed by atoms with Gasteiger partial charge in [0.15, 0.2) is 0 Å². The average Bonchev–Trinajstić information content (AvgIpc) is 2.25. The molecule has 0 aromatic rings. The minimum atomic E-state index is -1.09. The Hall–Kier alpha value is -1.79. The van der Waals surface area contributed by atoms with E-state index in [9.17, 15) is 14.4 Å². The Kier molecular flexibility index (Phi) is 4.39. The summed E-state index contributed by atoms with van der Waals surface area (Å²) in [6.07, 6.45) is -1.11. The number of hydrogen-bond acceptors (Lipinski definition) is 4. The second kappa shape index (κ2) is 5.46. The molecule has 0 saturated carbocycles. The van der Waals surface area contributed by atoms with Crippen LogP contribution in [-0.4, -0.2) is 64.2 Å². The third kappa shape index (κ3) is 3.84. The van der Waals surface area contributed by atoms with Gasteiger partial charge < -0.3 is 19.5 Å². The summed E-state index contributed by atoms with van der Waals surface area (Å²) in [7, 11) is 0. The molecular weight excluding hydrogens is 252 g/mol. The van der Waals surface area contributed by atoms with Crippen LogP contribution >= 0.6 is 0 Å². The van der Waals surface area contributed by atoms with E-state index in [-0.39, 0.29) is 19.1 Å². The third-order valence-corrected chi connectivity index (χ3v) is 2.81. The Morgan fingerprint density at radius 3 is 2.26 bits per heavy atom. The number of hydrogen-bond donors (Lipinski definition) is 1. The van der Waals surface area contributed by atoms with Gasteiger partial charge in [0.05, 0.1) is 12.6 Å². The maximum absolute atomic E-state index is 12.0. The van der Waals surface area contributed by atoms with Crippen LogP contribution in [0.4, 0.5) is 9.59 Å². The highest BCUT2D eigenvalue weighted by Crippen LogP contribution is 2.18. The zero-order valence-corrected chi connectivity index (χ0v) is 11.6. The number of carbonyl (C=O) groups is 3. The molecule has 108 valence electrons. The van der Waals surface area contributed by atoms with Crippen LogP contribution in [-0.2, 0) is 9.53 Å². The summed E-state index contributed by atoms with van der Waals surface area (Å²) >= 11 is 0. The first-order valence-corrected chi connectivity index (χ1v) is 6.10. The van der Waals surface area contributed by atoms with Gasteiger partial charge in [-0.1, -0.05) is 0 Å². The van der Waals surface area contributed by atoms with Crippen molar-refractivity contribution in [2.45, 2.75) is 45.4 Å². The monoisotopic (exact) mass is 272 g/mol. The predicted octanol–water partition coefficient (Wildman–Crippen LogP) is 1.17. The Labute approximate surface area is 112 Å². The maximum atomic E-state index is 12.0. The first kappa shape index (κ1) is 15.3. The van der Waals surface area contributed by atoms with Crippen molar-refractivity contribution >= 4 is 18.5 Å². The average molecular weight is 272 g/mol. The molecule has 0 unspecified atom stereocenters. The summed E-state index contributed by atoms with van der Waals surface area (Å²) in [6.45, 7) is 7.00. The van der Waals surface area contributed by atoms with Crippen LogP contribution in [0.3, 0.4) is 0 Å². The van der Waals surface area contributed by atoms with Gasteiger partial charge in [-0.25, -0.2) is 9.59 Å². The van der Waals surface area contributed by atoms with Crippen LogP contribution in [0.5, 0.6) is 0 Å². The van der Waals surface area contributed by atoms with Crippen molar-refractivity contribution < 1.29 is 24.2 Å². The molecular formula is C12H20N2O5. The molecule has 1 rings (SSSR count). The lowest BCUT2D eigenvalue weighted by atomic mass is 10.1. The van der Waals surface area contributed by atoms with E-state index in [1.807, 2.05) is 0 Å². The van der Waals surface area contributed by atoms with Crippen LogP contribution in [0, 0.1) is 0 Å². The maximum Gasteiger partial charge on any atom is 0.411 e. The lowest BCUT2D eigenvalue weighted by Crippen LogP contribution is -2.61. The van der Waals surface area contributed by atoms with E-state index >= 15 is 0 Å². The second-order valence-electron chi connectivity index (χ2n) is 5.62. The first-order chi connectivity index (χ1) is 8.65. The molecule has 2 amide bonds. The molecule has 1 N–H and O–H groups in total. The summed E-state index contributed by atoms with van der Waals surface area (Å²) in [6, 6.07) is -1.18. The quantitative estimate of drug-likeness (QED) is 0.724. The number of piperazine rings is 1. The van der Waals surface area contributed by atoms with E-state index in [1.165, 1.54) is 4.90 Å². The van der Waals surface area contributed by atoms with Crippen molar-refractivity contribution in [1.29, 1.82) is 0 Å². The van der Waals surface area contributed by atoms with Crippen LogP contribution in [0.15, 0.2) is 0 Å². The second-order valence-corrected chi connectivity index (χ2v) is 5.62. The van der Waals surface area contributed by atoms with Gasteiger partial charge >= 0.3 is 12.2 Å². The molecule has 0 aromatic heterocycles. The Morgan fingerprint density at radius 2 is 1.84 bits per heavy atom. The van der Waals surface area contributed by atoms with Gasteiger partial charge in [0, 0.05) is 6.54 Å². The first-order valence-electron chi connectivity index (χ1n) is 6.10. The molecule has 1 aliphatic rings. The summed E-state index contributed by atoms with van der Waals surface area (Å²) in [5.74, 6) is 0. The van der Waals surface area contributed by atoms with Crippen LogP contribution in [0.25, 0.3) is 0 Å². The van der Waals surface area contributed by atoms with E-state index in [0.29, 0.717) is 6.29 Å². The lowest BCUT2D eigenvalue weighted by Gasteiger charge is -2.42. The molecule has 1 saturated heterocycles. The van der Waals surface area contributed by atoms with Crippen molar-refractivity contribution in [2.75, 3.05) is 13.1 Å². The zero-order chi connectivity index (χ0) is 14.8. The molecule has 7 nitrogen and oxygen atoms in total. The predicted molar refractivity (Wildman–Crippen MR) is 67.0 cm³/mol. The number of amides is 2. The van der Waals surface area contributed by atoms with Crippen molar-refractivity contribution in [2.24, 2.45) is 0 Å². The summed E-state index contributed by atoms with van der Waals surface area (Å²) < 4.78 is 5.22. The summed E-state index contributed by atoms with van der Waals surface area (Å²) in [5, 5.41) is 9.01. The molecule has 19 heavy (non-hydrogen) atoms. The van der Waals surface area contributed by atoms with Gasteiger partial charge in [-0.05, 0) is 27.7 Å². The molecule has 2 atom stereocenters. The fourth-order valence-electron chi connectivity index (χ4n) is 1.91. The zero-order valence-electron chi connectivity index (χ0n) is 11.6. The van der Waals surface area contributed by atoms with Crippen molar-refractivity contribution in [3.05, 3.63) is 0 Å². The minimum absolute atomic E-state index is 0.0285. The molecule has 1 heterocycles. The normalized spacial score (nSPS) is 24.0. The number of ether oxygens (including phenoxy) is 1. The highest BCUT2D eigenvalue weighted by atomic mass is 16.6. The van der Waals surface area contributed by atoms with Gasteiger partial charge in [-0.3, -0.25) is 4.90 Å². The number of nitrogens with zero attached hydrogens (tertiary/aromatic N) is 2. The largest absolute Gasteiger partial charge is 0.465 e. The Bertz CT molecular complexity index is 377. The van der Waals surface area contributed by atoms with Crippen LogP contribution in [0.1, 0.15) is 27.7 Å². The lowest BCUT2D eigenvalue weighted by molar-refractivity contribution is -0.115. The van der Waals surface area contributed by atoms with Crippen molar-refractivity contribution in [3.8, 4) is 0 Å². The third-order valence-electron chi connectivity index (χ3n) is 2.81. The Morgan fingerprint density at radius 1 is 1.26 bits per heavy atom. The number of carbonyl (C=O) groups excluding carboxylic acids is 2. The molecule has 0 aromatic carbocycles. The fourth-order valence-corrected chi connectivity index (χ4v) is 1.91. The van der Waals surface area contributed by atoms with E-state index in [4.69, 9.17) is 9.84 Å². The highest BCUT2D eigenvalue weighted by Gasteiger charge is 2.38. The minimum Gasteiger partial charge on any atom is -0.465 e. The summed E-state index contributed by atoms with van der Waals surface area (Å²) in [4.78, 5) is 36.5. The van der Waals surface area contributed by atoms with Gasteiger partial charge in [0.1, 0.15) is 17.9 Å². The Balaban J connectivity index is 2.82. The molecule has 1 aliphatic heterocycles. The SMILES string of the molecule is C[C@@H]1CN(C(=O)OC(C)(C)C)[C@@H](C=O)CN1C(=O)O. The topological polar surface area (TPSA) is 87.2 Å². The molecule has 0 bridgehead atoms. The number of aldehydes is 1. The fraction of sp³-hybridized carbons (Fsp3) is 0.750. The van der Waals surface area contributed by atoms with Crippen molar-refractivity contribution in [3.63, 3.8) is 0 Å². The number of rotatable bonds is 1. The summed E-state index contributed by atoms with van der Waals surface area (Å²) in [5.41, 5.74) is -0.655. The molecule has 0 radical (unpaired) electrons. The van der Waals surface area contributed by atoms with Crippen LogP contribution < -0.4 is 0 Å². The van der Waals surface area contributed by atoms with Gasteiger partial charge in [0.2, 0.25) is 0 Å². The van der Waals surface area contributed by atoms with E-state index < -0.39 is 23.8 Å². The molecule has 7 heteroatoms. The molecule has 1 fully saturated rings. The smallest absolute Gasteiger partial charge is 0.411 e.